The van der Waals surface area contributed by atoms with Gasteiger partial charge in [-0.05, 0) is 35.4 Å². The zero-order valence-corrected chi connectivity index (χ0v) is 12.4. The van der Waals surface area contributed by atoms with E-state index in [2.05, 4.69) is 9.47 Å². The molecule has 0 atom stereocenters. The molecule has 0 saturated heterocycles. The first-order chi connectivity index (χ1) is 10.9. The normalized spacial score (nSPS) is 10.5. The van der Waals surface area contributed by atoms with Crippen LogP contribution in [0, 0.1) is 34.7 Å². The molecule has 0 aliphatic carbocycles. The van der Waals surface area contributed by atoms with Crippen LogP contribution in [0.1, 0.15) is 25.0 Å². The Balaban J connectivity index is 2.42. The molecule has 23 heavy (non-hydrogen) atoms. The monoisotopic (exact) mass is 314 g/mol. The predicted octanol–water partition coefficient (Wildman–Crippen LogP) is 4.01. The van der Waals surface area contributed by atoms with Crippen molar-refractivity contribution in [1.82, 2.24) is 0 Å². The van der Waals surface area contributed by atoms with Gasteiger partial charge in [-0.2, -0.15) is 0 Å². The standard InChI is InChI=1S/C17H12F2N2O2/c1-17(2,11-3-5-15(22-9-20)13(18)7-11)12-4-6-16(23-10-21)14(19)8-12/h3-8H,1-2H3. The van der Waals surface area contributed by atoms with E-state index in [9.17, 15) is 8.78 Å². The van der Waals surface area contributed by atoms with E-state index in [1.54, 1.807) is 26.0 Å². The Morgan fingerprint density at radius 3 is 1.52 bits per heavy atom. The van der Waals surface area contributed by atoms with Crippen molar-refractivity contribution in [2.75, 3.05) is 0 Å². The predicted molar refractivity (Wildman–Crippen MR) is 77.4 cm³/mol. The second kappa shape index (κ2) is 6.33. The van der Waals surface area contributed by atoms with Crippen LogP contribution in [0.2, 0.25) is 0 Å². The minimum absolute atomic E-state index is 0.170. The molecule has 0 bridgehead atoms. The van der Waals surface area contributed by atoms with Gasteiger partial charge in [0.2, 0.25) is 0 Å². The summed E-state index contributed by atoms with van der Waals surface area (Å²) in [5.41, 5.74) is 0.445. The number of benzene rings is 2. The molecule has 0 fully saturated rings. The van der Waals surface area contributed by atoms with E-state index in [0.717, 1.165) is 0 Å². The van der Waals surface area contributed by atoms with Crippen molar-refractivity contribution in [2.24, 2.45) is 0 Å². The van der Waals surface area contributed by atoms with Gasteiger partial charge in [-0.25, -0.2) is 8.78 Å². The highest BCUT2D eigenvalue weighted by atomic mass is 19.1. The molecular formula is C17H12F2N2O2. The molecule has 0 N–H and O–H groups in total. The zero-order chi connectivity index (χ0) is 17.0. The minimum atomic E-state index is -0.710. The Kier molecular flexibility index (Phi) is 4.47. The summed E-state index contributed by atoms with van der Waals surface area (Å²) in [5, 5.41) is 16.9. The van der Waals surface area contributed by atoms with E-state index in [0.29, 0.717) is 11.1 Å². The van der Waals surface area contributed by atoms with Crippen molar-refractivity contribution in [2.45, 2.75) is 19.3 Å². The zero-order valence-electron chi connectivity index (χ0n) is 12.4. The molecular weight excluding hydrogens is 302 g/mol. The van der Waals surface area contributed by atoms with Crippen LogP contribution in [0.5, 0.6) is 11.5 Å². The topological polar surface area (TPSA) is 66.0 Å². The van der Waals surface area contributed by atoms with Crippen LogP contribution in [0.25, 0.3) is 0 Å². The minimum Gasteiger partial charge on any atom is -0.385 e. The number of nitrogens with zero attached hydrogens (tertiary/aromatic N) is 2. The first kappa shape index (κ1) is 16.3. The van der Waals surface area contributed by atoms with Crippen LogP contribution in [0.3, 0.4) is 0 Å². The van der Waals surface area contributed by atoms with Gasteiger partial charge in [0.05, 0.1) is 0 Å². The summed E-state index contributed by atoms with van der Waals surface area (Å²) in [5.74, 6) is -1.70. The summed E-state index contributed by atoms with van der Waals surface area (Å²) >= 11 is 0. The van der Waals surface area contributed by atoms with Gasteiger partial charge in [-0.1, -0.05) is 26.0 Å². The number of halogens is 2. The summed E-state index contributed by atoms with van der Waals surface area (Å²) < 4.78 is 36.8. The van der Waals surface area contributed by atoms with E-state index < -0.39 is 17.0 Å². The number of ether oxygens (including phenoxy) is 2. The summed E-state index contributed by atoms with van der Waals surface area (Å²) in [4.78, 5) is 0. The van der Waals surface area contributed by atoms with Crippen LogP contribution < -0.4 is 9.47 Å². The smallest absolute Gasteiger partial charge is 0.292 e. The Hall–Kier alpha value is -3.12. The molecule has 2 rings (SSSR count). The van der Waals surface area contributed by atoms with Crippen molar-refractivity contribution < 1.29 is 18.3 Å². The third-order valence-electron chi connectivity index (χ3n) is 3.62. The summed E-state index contributed by atoms with van der Waals surface area (Å²) in [6, 6.07) is 8.38. The molecule has 0 spiro atoms. The van der Waals surface area contributed by atoms with Gasteiger partial charge in [0.15, 0.2) is 23.1 Å². The molecule has 0 aliphatic rings. The molecule has 2 aromatic carbocycles. The quantitative estimate of drug-likeness (QED) is 0.800. The number of hydrogen-bond acceptors (Lipinski definition) is 4. The highest BCUT2D eigenvalue weighted by Gasteiger charge is 2.25. The highest BCUT2D eigenvalue weighted by molar-refractivity contribution is 5.43. The maximum atomic E-state index is 13.9. The lowest BCUT2D eigenvalue weighted by molar-refractivity contribution is 0.455. The summed E-state index contributed by atoms with van der Waals surface area (Å²) in [6.07, 6.45) is 2.82. The molecule has 116 valence electrons. The molecule has 6 heteroatoms. The number of rotatable bonds is 4. The van der Waals surface area contributed by atoms with E-state index in [-0.39, 0.29) is 11.5 Å². The van der Waals surface area contributed by atoms with Crippen molar-refractivity contribution in [3.8, 4) is 24.0 Å². The highest BCUT2D eigenvalue weighted by Crippen LogP contribution is 2.35. The van der Waals surface area contributed by atoms with Gasteiger partial charge in [0, 0.05) is 5.41 Å². The molecule has 0 saturated carbocycles. The largest absolute Gasteiger partial charge is 0.385 e. The van der Waals surface area contributed by atoms with Crippen molar-refractivity contribution in [3.05, 3.63) is 59.2 Å². The SMILES string of the molecule is CC(C)(c1ccc(OC#N)c(F)c1)c1ccc(OC#N)c(F)c1. The molecule has 0 heterocycles. The first-order valence-electron chi connectivity index (χ1n) is 6.62. The van der Waals surface area contributed by atoms with E-state index in [1.165, 1.54) is 36.8 Å². The Morgan fingerprint density at radius 1 is 0.826 bits per heavy atom. The first-order valence-corrected chi connectivity index (χ1v) is 6.62. The molecule has 0 radical (unpaired) electrons. The average Bonchev–Trinajstić information content (AvgIpc) is 2.51. The van der Waals surface area contributed by atoms with Gasteiger partial charge in [-0.15, -0.1) is 10.5 Å². The van der Waals surface area contributed by atoms with Gasteiger partial charge in [0.1, 0.15) is 0 Å². The molecule has 4 nitrogen and oxygen atoms in total. The van der Waals surface area contributed by atoms with E-state index in [4.69, 9.17) is 10.5 Å². The molecule has 0 aromatic heterocycles. The fourth-order valence-corrected chi connectivity index (χ4v) is 2.21. The molecule has 0 unspecified atom stereocenters. The van der Waals surface area contributed by atoms with Crippen LogP contribution >= 0.6 is 0 Å². The van der Waals surface area contributed by atoms with Gasteiger partial charge < -0.3 is 9.47 Å². The van der Waals surface area contributed by atoms with E-state index in [1.807, 2.05) is 0 Å². The van der Waals surface area contributed by atoms with Crippen LogP contribution in [0.4, 0.5) is 8.78 Å². The second-order valence-corrected chi connectivity index (χ2v) is 5.30. The second-order valence-electron chi connectivity index (χ2n) is 5.30. The molecule has 0 amide bonds. The maximum Gasteiger partial charge on any atom is 0.292 e. The summed E-state index contributed by atoms with van der Waals surface area (Å²) in [6.45, 7) is 3.60. The Bertz CT molecular complexity index is 753. The van der Waals surface area contributed by atoms with Crippen LogP contribution in [-0.4, -0.2) is 0 Å². The lowest BCUT2D eigenvalue weighted by Gasteiger charge is -2.26. The third-order valence-corrected chi connectivity index (χ3v) is 3.62. The Morgan fingerprint density at radius 2 is 1.22 bits per heavy atom. The lowest BCUT2D eigenvalue weighted by atomic mass is 9.78. The van der Waals surface area contributed by atoms with Crippen LogP contribution in [0.15, 0.2) is 36.4 Å². The fourth-order valence-electron chi connectivity index (χ4n) is 2.21. The van der Waals surface area contributed by atoms with Gasteiger partial charge in [-0.3, -0.25) is 0 Å². The number of nitriles is 2. The van der Waals surface area contributed by atoms with Crippen molar-refractivity contribution in [3.63, 3.8) is 0 Å². The van der Waals surface area contributed by atoms with Gasteiger partial charge in [0.25, 0.3) is 12.5 Å². The van der Waals surface area contributed by atoms with Crippen LogP contribution in [-0.2, 0) is 5.41 Å². The fraction of sp³-hybridized carbons (Fsp3) is 0.176. The Labute approximate surface area is 132 Å². The summed E-state index contributed by atoms with van der Waals surface area (Å²) in [7, 11) is 0. The molecule has 2 aromatic rings. The van der Waals surface area contributed by atoms with Gasteiger partial charge >= 0.3 is 0 Å². The third kappa shape index (κ3) is 3.22. The van der Waals surface area contributed by atoms with Crippen molar-refractivity contribution in [1.29, 1.82) is 10.5 Å². The maximum absolute atomic E-state index is 13.9. The molecule has 0 aliphatic heterocycles. The van der Waals surface area contributed by atoms with E-state index >= 15 is 0 Å². The number of hydrogen-bond donors (Lipinski definition) is 0. The van der Waals surface area contributed by atoms with Crippen molar-refractivity contribution >= 4 is 0 Å². The lowest BCUT2D eigenvalue weighted by Crippen LogP contribution is -2.19. The average molecular weight is 314 g/mol.